The Morgan fingerprint density at radius 2 is 1.94 bits per heavy atom. The molecule has 0 aromatic heterocycles. The lowest BCUT2D eigenvalue weighted by Crippen LogP contribution is -2.35. The van der Waals surface area contributed by atoms with Crippen molar-refractivity contribution in [1.82, 2.24) is 5.32 Å². The first-order valence-electron chi connectivity index (χ1n) is 6.31. The van der Waals surface area contributed by atoms with Gasteiger partial charge in [0.2, 0.25) is 0 Å². The molecule has 2 atom stereocenters. The molecule has 0 amide bonds. The highest BCUT2D eigenvalue weighted by molar-refractivity contribution is 5.69. The monoisotopic (exact) mass is 245 g/mol. The molecule has 2 unspecified atom stereocenters. The zero-order chi connectivity index (χ0) is 13.5. The summed E-state index contributed by atoms with van der Waals surface area (Å²) >= 11 is 0. The van der Waals surface area contributed by atoms with Gasteiger partial charge in [-0.2, -0.15) is 0 Å². The molecule has 0 rings (SSSR count). The van der Waals surface area contributed by atoms with E-state index in [9.17, 15) is 9.90 Å². The van der Waals surface area contributed by atoms with Crippen molar-refractivity contribution in [3.63, 3.8) is 0 Å². The maximum atomic E-state index is 11.1. The maximum Gasteiger partial charge on any atom is 0.308 e. The second kappa shape index (κ2) is 7.67. The first-order chi connectivity index (χ1) is 7.77. The minimum Gasteiger partial charge on any atom is -0.466 e. The lowest BCUT2D eigenvalue weighted by molar-refractivity contribution is -0.145. The van der Waals surface area contributed by atoms with Gasteiger partial charge in [-0.25, -0.2) is 0 Å². The smallest absolute Gasteiger partial charge is 0.308 e. The van der Waals surface area contributed by atoms with Gasteiger partial charge in [0, 0.05) is 6.54 Å². The molecule has 0 bridgehead atoms. The highest BCUT2D eigenvalue weighted by Gasteiger charge is 2.20. The molecule has 0 fully saturated rings. The fourth-order valence-electron chi connectivity index (χ4n) is 1.26. The molecule has 0 aromatic carbocycles. The summed E-state index contributed by atoms with van der Waals surface area (Å²) in [5.74, 6) is 0.169. The number of hydrogen-bond donors (Lipinski definition) is 2. The van der Waals surface area contributed by atoms with Gasteiger partial charge in [-0.15, -0.1) is 0 Å². The highest BCUT2D eigenvalue weighted by atomic mass is 16.5. The molecule has 0 saturated heterocycles. The van der Waals surface area contributed by atoms with Gasteiger partial charge in [0.25, 0.3) is 0 Å². The Balaban J connectivity index is 3.71. The predicted molar refractivity (Wildman–Crippen MR) is 68.7 cm³/mol. The topological polar surface area (TPSA) is 58.6 Å². The number of carbonyl (C=O) groups excluding carboxylic acids is 1. The Hall–Kier alpha value is -0.610. The van der Waals surface area contributed by atoms with Crippen LogP contribution < -0.4 is 5.32 Å². The van der Waals surface area contributed by atoms with Crippen molar-refractivity contribution in [3.05, 3.63) is 0 Å². The number of nitrogens with one attached hydrogen (secondary N) is 1. The van der Waals surface area contributed by atoms with E-state index in [1.807, 2.05) is 0 Å². The van der Waals surface area contributed by atoms with Gasteiger partial charge in [-0.1, -0.05) is 27.7 Å². The number of hydrogen-bond acceptors (Lipinski definition) is 4. The molecule has 4 heteroatoms. The number of aliphatic hydroxyl groups excluding tert-OH is 1. The van der Waals surface area contributed by atoms with E-state index >= 15 is 0 Å². The largest absolute Gasteiger partial charge is 0.466 e. The molecular weight excluding hydrogens is 218 g/mol. The molecule has 4 nitrogen and oxygen atoms in total. The summed E-state index contributed by atoms with van der Waals surface area (Å²) in [5.41, 5.74) is 0.249. The minimum atomic E-state index is -0.666. The van der Waals surface area contributed by atoms with E-state index in [-0.39, 0.29) is 17.8 Å². The van der Waals surface area contributed by atoms with Crippen molar-refractivity contribution in [2.45, 2.75) is 47.1 Å². The number of aliphatic hydroxyl groups is 1. The van der Waals surface area contributed by atoms with Crippen LogP contribution in [0.4, 0.5) is 0 Å². The van der Waals surface area contributed by atoms with Crippen LogP contribution in [-0.2, 0) is 9.53 Å². The third kappa shape index (κ3) is 8.16. The van der Waals surface area contributed by atoms with Crippen LogP contribution in [0.25, 0.3) is 0 Å². The van der Waals surface area contributed by atoms with Crippen molar-refractivity contribution in [3.8, 4) is 0 Å². The Morgan fingerprint density at radius 3 is 2.41 bits per heavy atom. The fraction of sp³-hybridized carbons (Fsp3) is 0.923. The van der Waals surface area contributed by atoms with Crippen LogP contribution in [0.2, 0.25) is 0 Å². The molecule has 0 heterocycles. The van der Waals surface area contributed by atoms with E-state index in [1.54, 1.807) is 6.92 Å². The van der Waals surface area contributed by atoms with Gasteiger partial charge < -0.3 is 15.2 Å². The van der Waals surface area contributed by atoms with Gasteiger partial charge in [0.05, 0.1) is 19.1 Å². The lowest BCUT2D eigenvalue weighted by atomic mass is 9.82. The second-order valence-corrected chi connectivity index (χ2v) is 5.59. The molecule has 0 saturated carbocycles. The van der Waals surface area contributed by atoms with Crippen molar-refractivity contribution in [2.24, 2.45) is 11.3 Å². The van der Waals surface area contributed by atoms with Crippen LogP contribution in [-0.4, -0.2) is 36.9 Å². The van der Waals surface area contributed by atoms with Gasteiger partial charge in [0.1, 0.15) is 0 Å². The first-order valence-corrected chi connectivity index (χ1v) is 6.31. The van der Waals surface area contributed by atoms with Crippen LogP contribution in [0.15, 0.2) is 0 Å². The van der Waals surface area contributed by atoms with Crippen molar-refractivity contribution < 1.29 is 14.6 Å². The van der Waals surface area contributed by atoms with Crippen LogP contribution in [0.5, 0.6) is 0 Å². The highest BCUT2D eigenvalue weighted by Crippen LogP contribution is 2.24. The van der Waals surface area contributed by atoms with E-state index < -0.39 is 6.10 Å². The molecule has 0 aliphatic carbocycles. The van der Waals surface area contributed by atoms with E-state index in [1.165, 1.54) is 0 Å². The molecule has 0 aliphatic rings. The van der Waals surface area contributed by atoms with Crippen molar-refractivity contribution >= 4 is 5.97 Å². The van der Waals surface area contributed by atoms with E-state index in [2.05, 4.69) is 33.0 Å². The number of ether oxygens (including phenoxy) is 1. The van der Waals surface area contributed by atoms with Crippen LogP contribution >= 0.6 is 0 Å². The molecule has 2 N–H and O–H groups in total. The molecule has 0 aliphatic heterocycles. The fourth-order valence-corrected chi connectivity index (χ4v) is 1.26. The zero-order valence-electron chi connectivity index (χ0n) is 11.7. The van der Waals surface area contributed by atoms with Crippen molar-refractivity contribution in [1.29, 1.82) is 0 Å². The quantitative estimate of drug-likeness (QED) is 0.669. The molecule has 17 heavy (non-hydrogen) atoms. The molecule has 102 valence electrons. The molecule has 0 radical (unpaired) electrons. The summed E-state index contributed by atoms with van der Waals surface area (Å²) in [5, 5.41) is 12.8. The second-order valence-electron chi connectivity index (χ2n) is 5.59. The summed E-state index contributed by atoms with van der Waals surface area (Å²) in [6, 6.07) is 0. The first kappa shape index (κ1) is 16.4. The van der Waals surface area contributed by atoms with Gasteiger partial charge >= 0.3 is 5.97 Å². The Bertz CT molecular complexity index is 223. The average molecular weight is 245 g/mol. The van der Waals surface area contributed by atoms with Gasteiger partial charge in [-0.05, 0) is 24.8 Å². The third-order valence-electron chi connectivity index (χ3n) is 3.02. The van der Waals surface area contributed by atoms with Crippen LogP contribution in [0.3, 0.4) is 0 Å². The van der Waals surface area contributed by atoms with Crippen LogP contribution in [0, 0.1) is 11.3 Å². The standard InChI is InChI=1S/C13H27NO3/c1-6-17-12(16)7-11(15)9-14-8-10(2)13(3,4)5/h10-11,14-15H,6-9H2,1-5H3. The summed E-state index contributed by atoms with van der Waals surface area (Å²) in [6.45, 7) is 12.1. The number of esters is 1. The van der Waals surface area contributed by atoms with Crippen LogP contribution in [0.1, 0.15) is 41.0 Å². The average Bonchev–Trinajstić information content (AvgIpc) is 2.16. The van der Waals surface area contributed by atoms with E-state index in [4.69, 9.17) is 4.74 Å². The Labute approximate surface area is 105 Å². The van der Waals surface area contributed by atoms with Crippen molar-refractivity contribution in [2.75, 3.05) is 19.7 Å². The normalized spacial score (nSPS) is 15.4. The van der Waals surface area contributed by atoms with E-state index in [0.29, 0.717) is 19.1 Å². The number of carbonyl (C=O) groups is 1. The van der Waals surface area contributed by atoms with E-state index in [0.717, 1.165) is 6.54 Å². The molecule has 0 aromatic rings. The molecule has 0 spiro atoms. The summed E-state index contributed by atoms with van der Waals surface area (Å²) in [6.07, 6.45) is -0.605. The summed E-state index contributed by atoms with van der Waals surface area (Å²) in [7, 11) is 0. The Kier molecular flexibility index (Phi) is 7.39. The summed E-state index contributed by atoms with van der Waals surface area (Å²) in [4.78, 5) is 11.1. The Morgan fingerprint density at radius 1 is 1.35 bits per heavy atom. The SMILES string of the molecule is CCOC(=O)CC(O)CNCC(C)C(C)(C)C. The zero-order valence-corrected chi connectivity index (χ0v) is 11.7. The maximum absolute atomic E-state index is 11.1. The summed E-state index contributed by atoms with van der Waals surface area (Å²) < 4.78 is 4.77. The number of rotatable bonds is 7. The predicted octanol–water partition coefficient (Wildman–Crippen LogP) is 1.57. The van der Waals surface area contributed by atoms with Gasteiger partial charge in [0.15, 0.2) is 0 Å². The van der Waals surface area contributed by atoms with Gasteiger partial charge in [-0.3, -0.25) is 4.79 Å². The third-order valence-corrected chi connectivity index (χ3v) is 3.02. The minimum absolute atomic E-state index is 0.0603. The lowest BCUT2D eigenvalue weighted by Gasteiger charge is -2.27. The molecular formula is C13H27NO3.